The van der Waals surface area contributed by atoms with Gasteiger partial charge in [-0.15, -0.1) is 0 Å². The highest BCUT2D eigenvalue weighted by molar-refractivity contribution is 5.91. The lowest BCUT2D eigenvalue weighted by Crippen LogP contribution is -2.28. The number of amides is 1. The van der Waals surface area contributed by atoms with Crippen molar-refractivity contribution in [1.82, 2.24) is 10.2 Å². The van der Waals surface area contributed by atoms with Gasteiger partial charge in [0.2, 0.25) is 0 Å². The third-order valence-corrected chi connectivity index (χ3v) is 1.87. The van der Waals surface area contributed by atoms with E-state index in [1.165, 1.54) is 6.07 Å². The monoisotopic (exact) mass is 198 g/mol. The number of aliphatic hydroxyl groups is 1. The minimum atomic E-state index is -0.619. The van der Waals surface area contributed by atoms with E-state index in [1.54, 1.807) is 6.92 Å². The molecule has 76 valence electrons. The number of nitrogens with zero attached hydrogens (tertiary/aromatic N) is 2. The predicted octanol–water partition coefficient (Wildman–Crippen LogP) is -0.269. The molecule has 1 saturated heterocycles. The molecule has 0 aliphatic carbocycles. The summed E-state index contributed by atoms with van der Waals surface area (Å²) in [5.74, 6) is 0.173. The standard InChI is InChI=1S/C8H10N2O4/c1-5-2-7(9-14-5)8(12)10-3-6(11)4-13-10/h2,6,11H,3-4H2,1H3/t6-/m1/s1. The van der Waals surface area contributed by atoms with Gasteiger partial charge in [0.1, 0.15) is 18.5 Å². The van der Waals surface area contributed by atoms with Crippen LogP contribution in [0.4, 0.5) is 0 Å². The molecule has 1 atom stereocenters. The number of carbonyl (C=O) groups excluding carboxylic acids is 1. The Morgan fingerprint density at radius 1 is 1.79 bits per heavy atom. The van der Waals surface area contributed by atoms with Gasteiger partial charge >= 0.3 is 0 Å². The molecule has 0 spiro atoms. The summed E-state index contributed by atoms with van der Waals surface area (Å²) in [7, 11) is 0. The minimum absolute atomic E-state index is 0.141. The SMILES string of the molecule is Cc1cc(C(=O)N2C[C@@H](O)CO2)no1. The molecule has 2 rings (SSSR count). The van der Waals surface area contributed by atoms with E-state index < -0.39 is 12.0 Å². The van der Waals surface area contributed by atoms with Crippen LogP contribution in [0.2, 0.25) is 0 Å². The second kappa shape index (κ2) is 3.39. The maximum atomic E-state index is 11.6. The molecule has 0 radical (unpaired) electrons. The van der Waals surface area contributed by atoms with E-state index in [1.807, 2.05) is 0 Å². The maximum Gasteiger partial charge on any atom is 0.299 e. The zero-order valence-corrected chi connectivity index (χ0v) is 7.64. The highest BCUT2D eigenvalue weighted by Crippen LogP contribution is 2.11. The molecule has 6 nitrogen and oxygen atoms in total. The fraction of sp³-hybridized carbons (Fsp3) is 0.500. The van der Waals surface area contributed by atoms with Gasteiger partial charge in [-0.3, -0.25) is 9.63 Å². The van der Waals surface area contributed by atoms with Crippen molar-refractivity contribution < 1.29 is 19.3 Å². The molecule has 14 heavy (non-hydrogen) atoms. The van der Waals surface area contributed by atoms with Crippen molar-refractivity contribution in [1.29, 1.82) is 0 Å². The van der Waals surface area contributed by atoms with Crippen molar-refractivity contribution in [3.63, 3.8) is 0 Å². The molecule has 1 N–H and O–H groups in total. The zero-order chi connectivity index (χ0) is 10.1. The second-order valence-electron chi connectivity index (χ2n) is 3.14. The van der Waals surface area contributed by atoms with Crippen molar-refractivity contribution in [3.8, 4) is 0 Å². The summed E-state index contributed by atoms with van der Waals surface area (Å²) in [6, 6.07) is 1.52. The van der Waals surface area contributed by atoms with Gasteiger partial charge in [0.05, 0.1) is 6.54 Å². The van der Waals surface area contributed by atoms with Crippen molar-refractivity contribution in [3.05, 3.63) is 17.5 Å². The number of carbonyl (C=O) groups is 1. The largest absolute Gasteiger partial charge is 0.389 e. The minimum Gasteiger partial charge on any atom is -0.389 e. The van der Waals surface area contributed by atoms with Crippen molar-refractivity contribution >= 4 is 5.91 Å². The fourth-order valence-electron chi connectivity index (χ4n) is 1.21. The van der Waals surface area contributed by atoms with Gasteiger partial charge in [0, 0.05) is 6.07 Å². The summed E-state index contributed by atoms with van der Waals surface area (Å²) in [5.41, 5.74) is 0.191. The maximum absolute atomic E-state index is 11.6. The molecule has 1 aromatic heterocycles. The number of hydrogen-bond acceptors (Lipinski definition) is 5. The van der Waals surface area contributed by atoms with Crippen LogP contribution in [0.15, 0.2) is 10.6 Å². The summed E-state index contributed by atoms with van der Waals surface area (Å²) < 4.78 is 4.76. The van der Waals surface area contributed by atoms with Crippen LogP contribution in [-0.4, -0.2) is 40.5 Å². The Labute approximate surface area is 80.0 Å². The van der Waals surface area contributed by atoms with E-state index in [4.69, 9.17) is 14.5 Å². The molecule has 6 heteroatoms. The van der Waals surface area contributed by atoms with E-state index in [0.29, 0.717) is 5.76 Å². The molecule has 0 aromatic carbocycles. The predicted molar refractivity (Wildman–Crippen MR) is 44.2 cm³/mol. The summed E-state index contributed by atoms with van der Waals surface area (Å²) in [4.78, 5) is 16.5. The Hall–Kier alpha value is -1.40. The number of aryl methyl sites for hydroxylation is 1. The van der Waals surface area contributed by atoms with E-state index in [2.05, 4.69) is 5.16 Å². The van der Waals surface area contributed by atoms with Crippen LogP contribution in [0, 0.1) is 6.92 Å². The molecule has 2 heterocycles. The summed E-state index contributed by atoms with van der Waals surface area (Å²) in [6.07, 6.45) is -0.619. The topological polar surface area (TPSA) is 75.8 Å². The van der Waals surface area contributed by atoms with E-state index >= 15 is 0 Å². The zero-order valence-electron chi connectivity index (χ0n) is 7.64. The van der Waals surface area contributed by atoms with Crippen molar-refractivity contribution in [2.75, 3.05) is 13.2 Å². The number of rotatable bonds is 1. The molecule has 1 aromatic rings. The molecule has 1 fully saturated rings. The number of aromatic nitrogens is 1. The Balaban J connectivity index is 2.09. The van der Waals surface area contributed by atoms with E-state index in [-0.39, 0.29) is 18.8 Å². The number of hydroxylamine groups is 2. The third-order valence-electron chi connectivity index (χ3n) is 1.87. The lowest BCUT2D eigenvalue weighted by Gasteiger charge is -2.10. The second-order valence-corrected chi connectivity index (χ2v) is 3.14. The Morgan fingerprint density at radius 2 is 2.57 bits per heavy atom. The lowest BCUT2D eigenvalue weighted by molar-refractivity contribution is -0.0784. The van der Waals surface area contributed by atoms with Crippen molar-refractivity contribution in [2.45, 2.75) is 13.0 Å². The molecule has 0 unspecified atom stereocenters. The van der Waals surface area contributed by atoms with Crippen LogP contribution < -0.4 is 0 Å². The molecule has 0 saturated carbocycles. The average molecular weight is 198 g/mol. The van der Waals surface area contributed by atoms with Gasteiger partial charge in [-0.25, -0.2) is 5.06 Å². The lowest BCUT2D eigenvalue weighted by atomic mass is 10.3. The first kappa shape index (κ1) is 9.17. The first-order valence-corrected chi connectivity index (χ1v) is 4.23. The van der Waals surface area contributed by atoms with Gasteiger partial charge in [0.25, 0.3) is 5.91 Å². The van der Waals surface area contributed by atoms with Crippen LogP contribution in [0.1, 0.15) is 16.2 Å². The van der Waals surface area contributed by atoms with Crippen LogP contribution in [0.25, 0.3) is 0 Å². The molecular weight excluding hydrogens is 188 g/mol. The van der Waals surface area contributed by atoms with Gasteiger partial charge in [-0.1, -0.05) is 5.16 Å². The third kappa shape index (κ3) is 1.61. The molecule has 1 aliphatic heterocycles. The summed E-state index contributed by atoms with van der Waals surface area (Å²) in [5, 5.41) is 13.8. The van der Waals surface area contributed by atoms with E-state index in [0.717, 1.165) is 5.06 Å². The quantitative estimate of drug-likeness (QED) is 0.672. The number of aliphatic hydroxyl groups excluding tert-OH is 1. The smallest absolute Gasteiger partial charge is 0.299 e. The highest BCUT2D eigenvalue weighted by atomic mass is 16.7. The number of hydrogen-bond donors (Lipinski definition) is 1. The van der Waals surface area contributed by atoms with E-state index in [9.17, 15) is 4.79 Å². The van der Waals surface area contributed by atoms with Gasteiger partial charge in [0.15, 0.2) is 5.69 Å². The van der Waals surface area contributed by atoms with Gasteiger partial charge < -0.3 is 9.63 Å². The number of β-amino-alcohol motifs (C(OH)–C–C–N with tert-alkyl or cyclic N) is 1. The van der Waals surface area contributed by atoms with Crippen LogP contribution in [0.5, 0.6) is 0 Å². The normalized spacial score (nSPS) is 21.6. The molecule has 1 amide bonds. The molecule has 0 bridgehead atoms. The Kier molecular flexibility index (Phi) is 2.22. The fourth-order valence-corrected chi connectivity index (χ4v) is 1.21. The first-order chi connectivity index (χ1) is 6.66. The summed E-state index contributed by atoms with van der Waals surface area (Å²) >= 11 is 0. The molecular formula is C8H10N2O4. The van der Waals surface area contributed by atoms with Crippen LogP contribution in [-0.2, 0) is 4.84 Å². The highest BCUT2D eigenvalue weighted by Gasteiger charge is 2.28. The van der Waals surface area contributed by atoms with Gasteiger partial charge in [-0.05, 0) is 6.92 Å². The van der Waals surface area contributed by atoms with Crippen LogP contribution >= 0.6 is 0 Å². The first-order valence-electron chi connectivity index (χ1n) is 4.23. The Morgan fingerprint density at radius 3 is 3.07 bits per heavy atom. The molecule has 1 aliphatic rings. The summed E-state index contributed by atoms with van der Waals surface area (Å²) in [6.45, 7) is 2.01. The average Bonchev–Trinajstić information content (AvgIpc) is 2.73. The van der Waals surface area contributed by atoms with Crippen LogP contribution in [0.3, 0.4) is 0 Å². The van der Waals surface area contributed by atoms with Crippen molar-refractivity contribution in [2.24, 2.45) is 0 Å². The Bertz CT molecular complexity index is 349. The van der Waals surface area contributed by atoms with Gasteiger partial charge in [-0.2, -0.15) is 0 Å².